The number of hydrogen-bond acceptors (Lipinski definition) is 4. The molecule has 10 heteroatoms. The van der Waals surface area contributed by atoms with Gasteiger partial charge in [0.15, 0.2) is 0 Å². The predicted octanol–water partition coefficient (Wildman–Crippen LogP) is 4.14. The first-order valence-electron chi connectivity index (χ1n) is 12.5. The monoisotopic (exact) mass is 557 g/mol. The number of halogens is 2. The van der Waals surface area contributed by atoms with Crippen LogP contribution in [0.4, 0.5) is 14.5 Å². The molecule has 0 saturated heterocycles. The van der Waals surface area contributed by atoms with Gasteiger partial charge in [-0.25, -0.2) is 17.2 Å². The van der Waals surface area contributed by atoms with E-state index >= 15 is 0 Å². The van der Waals surface area contributed by atoms with Gasteiger partial charge in [0, 0.05) is 19.5 Å². The lowest BCUT2D eigenvalue weighted by molar-refractivity contribution is -0.140. The molecule has 0 spiro atoms. The molecule has 0 heterocycles. The molecule has 0 bridgehead atoms. The van der Waals surface area contributed by atoms with E-state index < -0.39 is 46.1 Å². The highest BCUT2D eigenvalue weighted by Gasteiger charge is 2.33. The fourth-order valence-corrected chi connectivity index (χ4v) is 4.86. The zero-order valence-corrected chi connectivity index (χ0v) is 23.0. The van der Waals surface area contributed by atoms with E-state index in [1.165, 1.54) is 47.4 Å². The van der Waals surface area contributed by atoms with E-state index in [-0.39, 0.29) is 24.6 Å². The van der Waals surface area contributed by atoms with Crippen molar-refractivity contribution in [1.82, 2.24) is 10.2 Å². The first-order chi connectivity index (χ1) is 18.5. The molecule has 0 saturated carbocycles. The summed E-state index contributed by atoms with van der Waals surface area (Å²) >= 11 is 0. The molecule has 1 atom stereocenters. The third kappa shape index (κ3) is 8.61. The summed E-state index contributed by atoms with van der Waals surface area (Å²) in [6.07, 6.45) is 1.03. The van der Waals surface area contributed by atoms with Crippen LogP contribution in [-0.4, -0.2) is 50.5 Å². The smallest absolute Gasteiger partial charge is 0.244 e. The third-order valence-electron chi connectivity index (χ3n) is 6.02. The van der Waals surface area contributed by atoms with E-state index in [0.717, 1.165) is 17.9 Å². The van der Waals surface area contributed by atoms with E-state index in [1.54, 1.807) is 0 Å². The van der Waals surface area contributed by atoms with Gasteiger partial charge in [-0.1, -0.05) is 68.4 Å². The van der Waals surface area contributed by atoms with E-state index in [1.807, 2.05) is 44.2 Å². The van der Waals surface area contributed by atoms with Gasteiger partial charge < -0.3 is 10.2 Å². The second-order valence-electron chi connectivity index (χ2n) is 9.71. The molecule has 7 nitrogen and oxygen atoms in total. The number of nitrogens with one attached hydrogen (secondary N) is 1. The molecular weight excluding hydrogens is 524 g/mol. The highest BCUT2D eigenvalue weighted by atomic mass is 32.2. The zero-order chi connectivity index (χ0) is 28.6. The molecule has 1 N–H and O–H groups in total. The van der Waals surface area contributed by atoms with Crippen molar-refractivity contribution in [3.63, 3.8) is 0 Å². The number of rotatable bonds is 12. The molecule has 39 heavy (non-hydrogen) atoms. The molecule has 0 radical (unpaired) electrons. The second-order valence-corrected chi connectivity index (χ2v) is 11.6. The quantitative estimate of drug-likeness (QED) is 0.363. The summed E-state index contributed by atoms with van der Waals surface area (Å²) in [4.78, 5) is 28.6. The van der Waals surface area contributed by atoms with Gasteiger partial charge in [0.05, 0.1) is 11.9 Å². The Morgan fingerprint density at radius 1 is 0.872 bits per heavy atom. The maximum absolute atomic E-state index is 14.6. The Hall–Kier alpha value is -3.79. The summed E-state index contributed by atoms with van der Waals surface area (Å²) in [7, 11) is -4.08. The van der Waals surface area contributed by atoms with Gasteiger partial charge in [0.1, 0.15) is 24.2 Å². The van der Waals surface area contributed by atoms with Crippen LogP contribution >= 0.6 is 0 Å². The third-order valence-corrected chi connectivity index (χ3v) is 7.15. The van der Waals surface area contributed by atoms with Gasteiger partial charge in [-0.2, -0.15) is 0 Å². The van der Waals surface area contributed by atoms with Gasteiger partial charge in [-0.05, 0) is 41.3 Å². The molecule has 0 fully saturated rings. The number of para-hydroxylation sites is 1. The van der Waals surface area contributed by atoms with E-state index in [2.05, 4.69) is 5.32 Å². The van der Waals surface area contributed by atoms with Crippen molar-refractivity contribution in [3.8, 4) is 0 Å². The maximum Gasteiger partial charge on any atom is 0.244 e. The lowest BCUT2D eigenvalue weighted by Crippen LogP contribution is -2.53. The summed E-state index contributed by atoms with van der Waals surface area (Å²) in [5.74, 6) is -2.26. The number of amides is 2. The molecule has 0 aliphatic rings. The first-order valence-corrected chi connectivity index (χ1v) is 14.4. The average molecular weight is 558 g/mol. The molecule has 0 aliphatic carbocycles. The molecule has 0 aliphatic heterocycles. The number of anilines is 1. The lowest BCUT2D eigenvalue weighted by atomic mass is 10.0. The fraction of sp³-hybridized carbons (Fsp3) is 0.310. The standard InChI is InChI=1S/C29H33F2N3O4S/c1-21(2)18-32-29(36)27(17-22-9-5-4-6-10-22)33(19-23-13-15-24(30)16-14-23)28(35)20-34(39(3,37)38)26-12-8-7-11-25(26)31/h4-16,21,27H,17-20H2,1-3H3,(H,32,36)/t27-/m1/s1. The molecular formula is C29H33F2N3O4S. The zero-order valence-electron chi connectivity index (χ0n) is 22.2. The van der Waals surface area contributed by atoms with Gasteiger partial charge in [-0.3, -0.25) is 13.9 Å². The van der Waals surface area contributed by atoms with Crippen LogP contribution < -0.4 is 9.62 Å². The van der Waals surface area contributed by atoms with Crippen LogP contribution in [0.1, 0.15) is 25.0 Å². The predicted molar refractivity (Wildman–Crippen MR) is 147 cm³/mol. The Morgan fingerprint density at radius 2 is 1.49 bits per heavy atom. The van der Waals surface area contributed by atoms with E-state index in [9.17, 15) is 26.8 Å². The van der Waals surface area contributed by atoms with Gasteiger partial charge >= 0.3 is 0 Å². The summed E-state index contributed by atoms with van der Waals surface area (Å²) < 4.78 is 54.3. The molecule has 0 unspecified atom stereocenters. The van der Waals surface area contributed by atoms with Crippen molar-refractivity contribution in [2.75, 3.05) is 23.7 Å². The van der Waals surface area contributed by atoms with Crippen molar-refractivity contribution < 1.29 is 26.8 Å². The van der Waals surface area contributed by atoms with Gasteiger partial charge in [-0.15, -0.1) is 0 Å². The lowest BCUT2D eigenvalue weighted by Gasteiger charge is -2.33. The Kier molecular flexibility index (Phi) is 10.2. The molecule has 0 aromatic heterocycles. The minimum atomic E-state index is -4.08. The van der Waals surface area contributed by atoms with E-state index in [4.69, 9.17) is 0 Å². The fourth-order valence-electron chi connectivity index (χ4n) is 4.01. The van der Waals surface area contributed by atoms with Crippen molar-refractivity contribution >= 4 is 27.5 Å². The summed E-state index contributed by atoms with van der Waals surface area (Å²) in [5.41, 5.74) is 1.04. The van der Waals surface area contributed by atoms with Crippen LogP contribution in [0.15, 0.2) is 78.9 Å². The average Bonchev–Trinajstić information content (AvgIpc) is 2.89. The topological polar surface area (TPSA) is 86.8 Å². The highest BCUT2D eigenvalue weighted by Crippen LogP contribution is 2.23. The molecule has 3 aromatic rings. The number of sulfonamides is 1. The maximum atomic E-state index is 14.6. The molecule has 3 rings (SSSR count). The van der Waals surface area contributed by atoms with E-state index in [0.29, 0.717) is 16.4 Å². The number of carbonyl (C=O) groups is 2. The second kappa shape index (κ2) is 13.3. The van der Waals surface area contributed by atoms with Crippen molar-refractivity contribution in [3.05, 3.63) is 102 Å². The summed E-state index contributed by atoms with van der Waals surface area (Å²) in [6.45, 7) is 3.41. The van der Waals surface area contributed by atoms with Crippen LogP contribution in [0.25, 0.3) is 0 Å². The Morgan fingerprint density at radius 3 is 2.08 bits per heavy atom. The van der Waals surface area contributed by atoms with Crippen molar-refractivity contribution in [2.24, 2.45) is 5.92 Å². The highest BCUT2D eigenvalue weighted by molar-refractivity contribution is 7.92. The van der Waals surface area contributed by atoms with Gasteiger partial charge in [0.25, 0.3) is 0 Å². The normalized spacial score (nSPS) is 12.2. The van der Waals surface area contributed by atoms with Crippen LogP contribution in [0.3, 0.4) is 0 Å². The largest absolute Gasteiger partial charge is 0.354 e. The van der Waals surface area contributed by atoms with Crippen LogP contribution in [0, 0.1) is 17.6 Å². The van der Waals surface area contributed by atoms with Crippen LogP contribution in [0.5, 0.6) is 0 Å². The number of hydrogen-bond donors (Lipinski definition) is 1. The SMILES string of the molecule is CC(C)CNC(=O)[C@@H](Cc1ccccc1)N(Cc1ccc(F)cc1)C(=O)CN(c1ccccc1F)S(C)(=O)=O. The Balaban J connectivity index is 2.05. The minimum absolute atomic E-state index is 0.0966. The van der Waals surface area contributed by atoms with Crippen molar-refractivity contribution in [1.29, 1.82) is 0 Å². The summed E-state index contributed by atoms with van der Waals surface area (Å²) in [5, 5.41) is 2.87. The van der Waals surface area contributed by atoms with Crippen LogP contribution in [0.2, 0.25) is 0 Å². The Labute approximate surface area is 228 Å². The number of carbonyl (C=O) groups excluding carboxylic acids is 2. The van der Waals surface area contributed by atoms with Crippen LogP contribution in [-0.2, 0) is 32.6 Å². The van der Waals surface area contributed by atoms with Crippen molar-refractivity contribution in [2.45, 2.75) is 32.9 Å². The molecule has 3 aromatic carbocycles. The minimum Gasteiger partial charge on any atom is -0.354 e. The summed E-state index contributed by atoms with van der Waals surface area (Å²) in [6, 6.07) is 18.8. The molecule has 208 valence electrons. The molecule has 2 amide bonds. The number of nitrogens with zero attached hydrogens (tertiary/aromatic N) is 2. The van der Waals surface area contributed by atoms with Gasteiger partial charge in [0.2, 0.25) is 21.8 Å². The Bertz CT molecular complexity index is 1370. The number of benzene rings is 3. The first kappa shape index (κ1) is 29.8.